The summed E-state index contributed by atoms with van der Waals surface area (Å²) in [4.78, 5) is 37.6. The number of rotatable bonds is 6. The Kier molecular flexibility index (Phi) is 4.52. The molecule has 0 bridgehead atoms. The van der Waals surface area contributed by atoms with Gasteiger partial charge in [-0.15, -0.1) is 0 Å². The lowest BCUT2D eigenvalue weighted by molar-refractivity contribution is -0.141. The molecular weight excluding hydrogens is 322 g/mol. The molecule has 2 amide bonds. The molecular formula is C19H17NO5. The SMILES string of the molecule is CCOc1ccc(C[C@@H](C(=O)O)N2C(=O)c3ccccc3C2=O)cc1. The van der Waals surface area contributed by atoms with Crippen LogP contribution in [0.2, 0.25) is 0 Å². The predicted molar refractivity (Wildman–Crippen MR) is 89.7 cm³/mol. The van der Waals surface area contributed by atoms with Crippen LogP contribution in [0.3, 0.4) is 0 Å². The Balaban J connectivity index is 1.86. The molecule has 25 heavy (non-hydrogen) atoms. The first-order valence-corrected chi connectivity index (χ1v) is 7.94. The fraction of sp³-hybridized carbons (Fsp3) is 0.211. The number of carbonyl (C=O) groups excluding carboxylic acids is 2. The molecule has 0 aliphatic carbocycles. The summed E-state index contributed by atoms with van der Waals surface area (Å²) in [6.45, 7) is 2.41. The van der Waals surface area contributed by atoms with Crippen LogP contribution in [0.15, 0.2) is 48.5 Å². The van der Waals surface area contributed by atoms with E-state index in [1.165, 1.54) is 12.1 Å². The molecule has 2 aromatic rings. The van der Waals surface area contributed by atoms with E-state index in [-0.39, 0.29) is 17.5 Å². The minimum atomic E-state index is -1.26. The molecule has 128 valence electrons. The van der Waals surface area contributed by atoms with Crippen molar-refractivity contribution >= 4 is 17.8 Å². The summed E-state index contributed by atoms with van der Waals surface area (Å²) in [5.41, 5.74) is 1.18. The van der Waals surface area contributed by atoms with Gasteiger partial charge in [0.05, 0.1) is 17.7 Å². The van der Waals surface area contributed by atoms with Gasteiger partial charge < -0.3 is 9.84 Å². The van der Waals surface area contributed by atoms with Crippen molar-refractivity contribution in [2.45, 2.75) is 19.4 Å². The van der Waals surface area contributed by atoms with Crippen LogP contribution < -0.4 is 4.74 Å². The van der Waals surface area contributed by atoms with Gasteiger partial charge in [-0.1, -0.05) is 24.3 Å². The number of amides is 2. The van der Waals surface area contributed by atoms with E-state index < -0.39 is 23.8 Å². The molecule has 0 saturated carbocycles. The number of carboxylic acid groups (broad SMARTS) is 1. The zero-order valence-electron chi connectivity index (χ0n) is 13.6. The van der Waals surface area contributed by atoms with Crippen LogP contribution >= 0.6 is 0 Å². The minimum absolute atomic E-state index is 0.0349. The van der Waals surface area contributed by atoms with Gasteiger partial charge in [0, 0.05) is 6.42 Å². The summed E-state index contributed by atoms with van der Waals surface area (Å²) in [5.74, 6) is -1.68. The number of carbonyl (C=O) groups is 3. The zero-order valence-corrected chi connectivity index (χ0v) is 13.6. The van der Waals surface area contributed by atoms with Crippen molar-refractivity contribution < 1.29 is 24.2 Å². The smallest absolute Gasteiger partial charge is 0.327 e. The van der Waals surface area contributed by atoms with E-state index in [9.17, 15) is 19.5 Å². The van der Waals surface area contributed by atoms with Gasteiger partial charge in [0.2, 0.25) is 0 Å². The number of hydrogen-bond acceptors (Lipinski definition) is 4. The first kappa shape index (κ1) is 16.7. The summed E-state index contributed by atoms with van der Waals surface area (Å²) in [7, 11) is 0. The Hall–Kier alpha value is -3.15. The van der Waals surface area contributed by atoms with Crippen molar-refractivity contribution in [3.63, 3.8) is 0 Å². The number of aliphatic carboxylic acids is 1. The lowest BCUT2D eigenvalue weighted by Crippen LogP contribution is -2.46. The Labute approximate surface area is 144 Å². The molecule has 0 aromatic heterocycles. The van der Waals surface area contributed by atoms with Crippen molar-refractivity contribution in [3.8, 4) is 5.75 Å². The molecule has 0 fully saturated rings. The monoisotopic (exact) mass is 339 g/mol. The Bertz CT molecular complexity index is 793. The second-order valence-electron chi connectivity index (χ2n) is 5.66. The van der Waals surface area contributed by atoms with Gasteiger partial charge in [-0.3, -0.25) is 14.5 Å². The number of hydrogen-bond donors (Lipinski definition) is 1. The first-order valence-electron chi connectivity index (χ1n) is 7.94. The Morgan fingerprint density at radius 3 is 2.08 bits per heavy atom. The highest BCUT2D eigenvalue weighted by Crippen LogP contribution is 2.26. The molecule has 0 radical (unpaired) electrons. The normalized spacial score (nSPS) is 14.4. The van der Waals surface area contributed by atoms with E-state index in [0.29, 0.717) is 17.9 Å². The first-order chi connectivity index (χ1) is 12.0. The molecule has 0 unspecified atom stereocenters. The van der Waals surface area contributed by atoms with E-state index >= 15 is 0 Å². The van der Waals surface area contributed by atoms with E-state index in [1.54, 1.807) is 36.4 Å². The Morgan fingerprint density at radius 1 is 1.04 bits per heavy atom. The predicted octanol–water partition coefficient (Wildman–Crippen LogP) is 2.38. The second-order valence-corrected chi connectivity index (χ2v) is 5.66. The highest BCUT2D eigenvalue weighted by atomic mass is 16.5. The van der Waals surface area contributed by atoms with Crippen molar-refractivity contribution in [2.24, 2.45) is 0 Å². The van der Waals surface area contributed by atoms with Crippen LogP contribution in [-0.2, 0) is 11.2 Å². The highest BCUT2D eigenvalue weighted by Gasteiger charge is 2.42. The molecule has 1 heterocycles. The highest BCUT2D eigenvalue weighted by molar-refractivity contribution is 6.22. The molecule has 1 aliphatic rings. The van der Waals surface area contributed by atoms with Crippen LogP contribution in [-0.4, -0.2) is 40.4 Å². The summed E-state index contributed by atoms with van der Waals surface area (Å²) < 4.78 is 5.35. The fourth-order valence-electron chi connectivity index (χ4n) is 2.89. The molecule has 0 spiro atoms. The van der Waals surface area contributed by atoms with Gasteiger partial charge in [-0.05, 0) is 36.8 Å². The largest absolute Gasteiger partial charge is 0.494 e. The third-order valence-corrected chi connectivity index (χ3v) is 4.09. The van der Waals surface area contributed by atoms with Crippen LogP contribution in [0.1, 0.15) is 33.2 Å². The number of benzene rings is 2. The molecule has 1 atom stereocenters. The topological polar surface area (TPSA) is 83.9 Å². The standard InChI is InChI=1S/C19H17NO5/c1-2-25-13-9-7-12(8-10-13)11-16(19(23)24)20-17(21)14-5-3-4-6-15(14)18(20)22/h3-10,16H,2,11H2,1H3,(H,23,24)/t16-/m0/s1. The van der Waals surface area contributed by atoms with Crippen molar-refractivity contribution in [1.82, 2.24) is 4.90 Å². The number of fused-ring (bicyclic) bond motifs is 1. The van der Waals surface area contributed by atoms with Gasteiger partial charge in [-0.2, -0.15) is 0 Å². The van der Waals surface area contributed by atoms with Crippen molar-refractivity contribution in [2.75, 3.05) is 6.61 Å². The zero-order chi connectivity index (χ0) is 18.0. The number of nitrogens with zero attached hydrogens (tertiary/aromatic N) is 1. The van der Waals surface area contributed by atoms with Crippen LogP contribution in [0, 0.1) is 0 Å². The average molecular weight is 339 g/mol. The summed E-state index contributed by atoms with van der Waals surface area (Å²) in [5, 5.41) is 9.58. The molecule has 6 heteroatoms. The van der Waals surface area contributed by atoms with Gasteiger partial charge in [-0.25, -0.2) is 4.79 Å². The number of imide groups is 1. The third kappa shape index (κ3) is 3.10. The van der Waals surface area contributed by atoms with Crippen LogP contribution in [0.25, 0.3) is 0 Å². The van der Waals surface area contributed by atoms with E-state index in [1.807, 2.05) is 6.92 Å². The van der Waals surface area contributed by atoms with E-state index in [4.69, 9.17) is 4.74 Å². The van der Waals surface area contributed by atoms with Gasteiger partial charge in [0.25, 0.3) is 11.8 Å². The molecule has 1 N–H and O–H groups in total. The molecule has 1 aliphatic heterocycles. The summed E-state index contributed by atoms with van der Waals surface area (Å²) in [6, 6.07) is 12.0. The van der Waals surface area contributed by atoms with Crippen LogP contribution in [0.4, 0.5) is 0 Å². The van der Waals surface area contributed by atoms with Crippen molar-refractivity contribution in [1.29, 1.82) is 0 Å². The molecule has 6 nitrogen and oxygen atoms in total. The molecule has 0 saturated heterocycles. The average Bonchev–Trinajstić information content (AvgIpc) is 2.86. The maximum Gasteiger partial charge on any atom is 0.327 e. The fourth-order valence-corrected chi connectivity index (χ4v) is 2.89. The lowest BCUT2D eigenvalue weighted by Gasteiger charge is -2.22. The number of ether oxygens (including phenoxy) is 1. The second kappa shape index (κ2) is 6.76. The maximum absolute atomic E-state index is 12.5. The summed E-state index contributed by atoms with van der Waals surface area (Å²) >= 11 is 0. The maximum atomic E-state index is 12.5. The lowest BCUT2D eigenvalue weighted by atomic mass is 10.0. The van der Waals surface area contributed by atoms with Gasteiger partial charge in [0.15, 0.2) is 0 Å². The van der Waals surface area contributed by atoms with Crippen molar-refractivity contribution in [3.05, 3.63) is 65.2 Å². The van der Waals surface area contributed by atoms with Crippen LogP contribution in [0.5, 0.6) is 5.75 Å². The minimum Gasteiger partial charge on any atom is -0.494 e. The summed E-state index contributed by atoms with van der Waals surface area (Å²) in [6.07, 6.45) is 0.0349. The molecule has 2 aromatic carbocycles. The van der Waals surface area contributed by atoms with E-state index in [0.717, 1.165) is 4.90 Å². The third-order valence-electron chi connectivity index (χ3n) is 4.09. The van der Waals surface area contributed by atoms with E-state index in [2.05, 4.69) is 0 Å². The van der Waals surface area contributed by atoms with Gasteiger partial charge in [0.1, 0.15) is 11.8 Å². The number of carboxylic acids is 1. The quantitative estimate of drug-likeness (QED) is 0.817. The molecule has 3 rings (SSSR count). The Morgan fingerprint density at radius 2 is 1.60 bits per heavy atom. The van der Waals surface area contributed by atoms with Gasteiger partial charge >= 0.3 is 5.97 Å².